The van der Waals surface area contributed by atoms with Gasteiger partial charge in [-0.3, -0.25) is 14.3 Å². The van der Waals surface area contributed by atoms with E-state index >= 15 is 0 Å². The van der Waals surface area contributed by atoms with Crippen LogP contribution in [-0.2, 0) is 4.74 Å². The third-order valence-electron chi connectivity index (χ3n) is 5.44. The molecule has 0 aliphatic carbocycles. The van der Waals surface area contributed by atoms with Crippen LogP contribution >= 0.6 is 0 Å². The summed E-state index contributed by atoms with van der Waals surface area (Å²) < 4.78 is 21.0. The van der Waals surface area contributed by atoms with E-state index in [-0.39, 0.29) is 5.82 Å². The van der Waals surface area contributed by atoms with Crippen LogP contribution in [0.1, 0.15) is 0 Å². The van der Waals surface area contributed by atoms with Gasteiger partial charge < -0.3 is 10.1 Å². The van der Waals surface area contributed by atoms with Crippen LogP contribution in [-0.4, -0.2) is 63.6 Å². The molecule has 5 rings (SSSR count). The van der Waals surface area contributed by atoms with Crippen LogP contribution in [0.2, 0.25) is 0 Å². The Bertz CT molecular complexity index is 1160. The summed E-state index contributed by atoms with van der Waals surface area (Å²) in [6.45, 7) is 5.13. The summed E-state index contributed by atoms with van der Waals surface area (Å²) in [7, 11) is 0. The summed E-state index contributed by atoms with van der Waals surface area (Å²) >= 11 is 0. The van der Waals surface area contributed by atoms with Gasteiger partial charge in [0.25, 0.3) is 0 Å². The van der Waals surface area contributed by atoms with Gasteiger partial charge in [-0.05, 0) is 36.4 Å². The summed E-state index contributed by atoms with van der Waals surface area (Å²) in [6, 6.07) is 10.3. The molecule has 0 atom stereocenters. The fourth-order valence-corrected chi connectivity index (χ4v) is 3.85. The van der Waals surface area contributed by atoms with Crippen LogP contribution in [0.3, 0.4) is 0 Å². The lowest BCUT2D eigenvalue weighted by Crippen LogP contribution is -2.39. The molecule has 1 aromatic carbocycles. The average Bonchev–Trinajstić information content (AvgIpc) is 3.21. The van der Waals surface area contributed by atoms with E-state index in [2.05, 4.69) is 20.2 Å². The summed E-state index contributed by atoms with van der Waals surface area (Å²) in [5.41, 5.74) is 4.25. The first-order valence-electron chi connectivity index (χ1n) is 10.4. The van der Waals surface area contributed by atoms with Gasteiger partial charge in [0.1, 0.15) is 5.82 Å². The van der Waals surface area contributed by atoms with E-state index in [0.29, 0.717) is 0 Å². The fourth-order valence-electron chi connectivity index (χ4n) is 3.85. The molecule has 4 heterocycles. The highest BCUT2D eigenvalue weighted by atomic mass is 19.1. The van der Waals surface area contributed by atoms with Crippen molar-refractivity contribution in [2.75, 3.05) is 44.7 Å². The number of aromatic nitrogens is 4. The number of anilines is 1. The number of ether oxygens (including phenoxy) is 1. The molecular weight excluding hydrogens is 395 g/mol. The molecule has 31 heavy (non-hydrogen) atoms. The highest BCUT2D eigenvalue weighted by Crippen LogP contribution is 2.34. The summed E-state index contributed by atoms with van der Waals surface area (Å²) in [6.07, 6.45) is 7.18. The van der Waals surface area contributed by atoms with Crippen molar-refractivity contribution in [2.45, 2.75) is 0 Å². The Morgan fingerprint density at radius 1 is 0.968 bits per heavy atom. The van der Waals surface area contributed by atoms with Crippen LogP contribution in [0.5, 0.6) is 0 Å². The standard InChI is InChI=1S/C23H23FN6O/c24-19-3-1-17(2-4-19)20-21(18-5-7-25-8-6-18)30-12-10-27-22(23(30)28-20)26-9-11-29-13-15-31-16-14-29/h1-8,10,12H,9,11,13-16H2,(H,26,27). The first-order valence-corrected chi connectivity index (χ1v) is 10.4. The molecule has 0 unspecified atom stereocenters. The van der Waals surface area contributed by atoms with Gasteiger partial charge >= 0.3 is 0 Å². The Morgan fingerprint density at radius 3 is 2.52 bits per heavy atom. The number of hydrogen-bond acceptors (Lipinski definition) is 6. The predicted molar refractivity (Wildman–Crippen MR) is 117 cm³/mol. The number of morpholine rings is 1. The Hall–Kier alpha value is -3.36. The van der Waals surface area contributed by atoms with E-state index < -0.39 is 0 Å². The molecule has 1 fully saturated rings. The SMILES string of the molecule is Fc1ccc(-c2nc3c(NCCN4CCOCC4)nccn3c2-c2ccncc2)cc1. The Labute approximate surface area is 179 Å². The molecule has 0 saturated carbocycles. The van der Waals surface area contributed by atoms with E-state index in [1.165, 1.54) is 12.1 Å². The molecule has 0 radical (unpaired) electrons. The second-order valence-corrected chi connectivity index (χ2v) is 7.40. The Balaban J connectivity index is 1.52. The minimum absolute atomic E-state index is 0.273. The van der Waals surface area contributed by atoms with E-state index in [4.69, 9.17) is 9.72 Å². The normalized spacial score (nSPS) is 14.7. The van der Waals surface area contributed by atoms with Gasteiger partial charge in [-0.15, -0.1) is 0 Å². The molecule has 0 spiro atoms. The zero-order valence-corrected chi connectivity index (χ0v) is 17.0. The van der Waals surface area contributed by atoms with Crippen molar-refractivity contribution >= 4 is 11.5 Å². The Kier molecular flexibility index (Phi) is 5.56. The maximum atomic E-state index is 13.5. The minimum Gasteiger partial charge on any atom is -0.379 e. The van der Waals surface area contributed by atoms with E-state index in [0.717, 1.165) is 73.4 Å². The van der Waals surface area contributed by atoms with Gasteiger partial charge in [-0.2, -0.15) is 0 Å². The van der Waals surface area contributed by atoms with Crippen molar-refractivity contribution in [1.29, 1.82) is 0 Å². The molecule has 1 aliphatic rings. The average molecular weight is 418 g/mol. The quantitative estimate of drug-likeness (QED) is 0.518. The van der Waals surface area contributed by atoms with Crippen LogP contribution in [0.4, 0.5) is 10.2 Å². The number of halogens is 1. The third-order valence-corrected chi connectivity index (χ3v) is 5.44. The topological polar surface area (TPSA) is 67.6 Å². The molecule has 158 valence electrons. The zero-order chi connectivity index (χ0) is 21.0. The smallest absolute Gasteiger partial charge is 0.181 e. The van der Waals surface area contributed by atoms with Crippen LogP contribution in [0.25, 0.3) is 28.2 Å². The number of rotatable bonds is 6. The van der Waals surface area contributed by atoms with Crippen molar-refractivity contribution in [1.82, 2.24) is 24.3 Å². The van der Waals surface area contributed by atoms with Gasteiger partial charge in [0, 0.05) is 62.1 Å². The number of hydrogen-bond donors (Lipinski definition) is 1. The number of fused-ring (bicyclic) bond motifs is 1. The second kappa shape index (κ2) is 8.79. The van der Waals surface area contributed by atoms with Gasteiger partial charge in [0.05, 0.1) is 24.6 Å². The molecule has 4 aromatic rings. The number of benzene rings is 1. The molecule has 8 heteroatoms. The fraction of sp³-hybridized carbons (Fsp3) is 0.261. The van der Waals surface area contributed by atoms with E-state index in [1.807, 2.05) is 22.7 Å². The first kappa shape index (κ1) is 19.6. The van der Waals surface area contributed by atoms with Crippen molar-refractivity contribution in [3.63, 3.8) is 0 Å². The van der Waals surface area contributed by atoms with E-state index in [9.17, 15) is 4.39 Å². The number of nitrogens with one attached hydrogen (secondary N) is 1. The van der Waals surface area contributed by atoms with Crippen LogP contribution in [0, 0.1) is 5.82 Å². The maximum absolute atomic E-state index is 13.5. The second-order valence-electron chi connectivity index (χ2n) is 7.40. The highest BCUT2D eigenvalue weighted by molar-refractivity contribution is 5.84. The number of nitrogens with zero attached hydrogens (tertiary/aromatic N) is 5. The summed E-state index contributed by atoms with van der Waals surface area (Å²) in [5, 5.41) is 3.44. The maximum Gasteiger partial charge on any atom is 0.181 e. The van der Waals surface area contributed by atoms with Gasteiger partial charge in [-0.25, -0.2) is 14.4 Å². The predicted octanol–water partition coefficient (Wildman–Crippen LogP) is 3.34. The molecule has 1 saturated heterocycles. The van der Waals surface area contributed by atoms with Crippen molar-refractivity contribution in [2.24, 2.45) is 0 Å². The minimum atomic E-state index is -0.273. The molecule has 1 N–H and O–H groups in total. The number of imidazole rings is 1. The van der Waals surface area contributed by atoms with Crippen LogP contribution in [0.15, 0.2) is 61.2 Å². The summed E-state index contributed by atoms with van der Waals surface area (Å²) in [5.74, 6) is 0.449. The third kappa shape index (κ3) is 4.12. The van der Waals surface area contributed by atoms with Gasteiger partial charge in [-0.1, -0.05) is 0 Å². The highest BCUT2D eigenvalue weighted by Gasteiger charge is 2.19. The first-order chi connectivity index (χ1) is 15.3. The lowest BCUT2D eigenvalue weighted by molar-refractivity contribution is 0.0398. The summed E-state index contributed by atoms with van der Waals surface area (Å²) in [4.78, 5) is 16.0. The van der Waals surface area contributed by atoms with Crippen molar-refractivity contribution in [3.8, 4) is 22.5 Å². The van der Waals surface area contributed by atoms with Crippen molar-refractivity contribution in [3.05, 3.63) is 67.0 Å². The lowest BCUT2D eigenvalue weighted by Gasteiger charge is -2.26. The zero-order valence-electron chi connectivity index (χ0n) is 17.0. The number of pyridine rings is 1. The molecule has 1 aliphatic heterocycles. The monoisotopic (exact) mass is 418 g/mol. The van der Waals surface area contributed by atoms with Crippen LogP contribution < -0.4 is 5.32 Å². The van der Waals surface area contributed by atoms with Gasteiger partial charge in [0.2, 0.25) is 0 Å². The van der Waals surface area contributed by atoms with Gasteiger partial charge in [0.15, 0.2) is 11.5 Å². The molecule has 0 amide bonds. The van der Waals surface area contributed by atoms with E-state index in [1.54, 1.807) is 30.7 Å². The molecule has 0 bridgehead atoms. The molecular formula is C23H23FN6O. The van der Waals surface area contributed by atoms with Crippen molar-refractivity contribution < 1.29 is 9.13 Å². The molecule has 3 aromatic heterocycles. The largest absolute Gasteiger partial charge is 0.379 e. The molecule has 7 nitrogen and oxygen atoms in total. The lowest BCUT2D eigenvalue weighted by atomic mass is 10.1. The Morgan fingerprint density at radius 2 is 1.74 bits per heavy atom.